The highest BCUT2D eigenvalue weighted by atomic mass is 32.2. The van der Waals surface area contributed by atoms with Crippen LogP contribution in [-0.4, -0.2) is 50.5 Å². The number of para-hydroxylation sites is 1. The fraction of sp³-hybridized carbons (Fsp3) is 0.333. The summed E-state index contributed by atoms with van der Waals surface area (Å²) in [4.78, 5) is 29.0. The van der Waals surface area contributed by atoms with E-state index in [1.165, 1.54) is 4.90 Å². The number of carbonyl (C=O) groups excluding carboxylic acids is 2. The SMILES string of the molecule is CCCNC(=O)[C@@H](Cc1ccccc1)N(Cc1ccc(C)cc1)C(=O)CN(c1ccccc1C)S(C)(=O)=O. The number of sulfonamides is 1. The number of benzene rings is 3. The summed E-state index contributed by atoms with van der Waals surface area (Å²) in [7, 11) is -3.78. The summed E-state index contributed by atoms with van der Waals surface area (Å²) >= 11 is 0. The molecule has 7 nitrogen and oxygen atoms in total. The summed E-state index contributed by atoms with van der Waals surface area (Å²) in [5.74, 6) is -0.718. The molecule has 8 heteroatoms. The van der Waals surface area contributed by atoms with Crippen molar-refractivity contribution in [3.8, 4) is 0 Å². The van der Waals surface area contributed by atoms with Gasteiger partial charge in [0.15, 0.2) is 0 Å². The van der Waals surface area contributed by atoms with Crippen molar-refractivity contribution in [1.29, 1.82) is 0 Å². The Labute approximate surface area is 226 Å². The van der Waals surface area contributed by atoms with E-state index in [-0.39, 0.29) is 12.5 Å². The van der Waals surface area contributed by atoms with Crippen LogP contribution in [0.25, 0.3) is 0 Å². The number of aryl methyl sites for hydroxylation is 2. The Morgan fingerprint density at radius 2 is 1.50 bits per heavy atom. The van der Waals surface area contributed by atoms with Gasteiger partial charge in [0.05, 0.1) is 11.9 Å². The lowest BCUT2D eigenvalue weighted by molar-refractivity contribution is -0.140. The number of hydrogen-bond acceptors (Lipinski definition) is 4. The molecule has 1 N–H and O–H groups in total. The van der Waals surface area contributed by atoms with Gasteiger partial charge in [-0.3, -0.25) is 13.9 Å². The van der Waals surface area contributed by atoms with E-state index in [0.717, 1.165) is 39.2 Å². The topological polar surface area (TPSA) is 86.8 Å². The Kier molecular flexibility index (Phi) is 10.1. The first-order chi connectivity index (χ1) is 18.1. The molecule has 0 spiro atoms. The van der Waals surface area contributed by atoms with Gasteiger partial charge in [-0.15, -0.1) is 0 Å². The standard InChI is InChI=1S/C30H37N3O4S/c1-5-19-31-30(35)28(20-25-12-7-6-8-13-25)32(21-26-17-15-23(2)16-18-26)29(34)22-33(38(4,36)37)27-14-10-9-11-24(27)3/h6-18,28H,5,19-22H2,1-4H3,(H,31,35)/t28-/m1/s1. The number of carbonyl (C=O) groups is 2. The highest BCUT2D eigenvalue weighted by Crippen LogP contribution is 2.23. The molecule has 0 aliphatic heterocycles. The lowest BCUT2D eigenvalue weighted by atomic mass is 10.0. The third-order valence-corrected chi connectivity index (χ3v) is 7.48. The zero-order valence-electron chi connectivity index (χ0n) is 22.6. The largest absolute Gasteiger partial charge is 0.354 e. The molecule has 0 unspecified atom stereocenters. The minimum atomic E-state index is -3.78. The van der Waals surface area contributed by atoms with E-state index < -0.39 is 28.5 Å². The van der Waals surface area contributed by atoms with Crippen molar-refractivity contribution >= 4 is 27.5 Å². The van der Waals surface area contributed by atoms with Gasteiger partial charge >= 0.3 is 0 Å². The van der Waals surface area contributed by atoms with Crippen LogP contribution in [0.4, 0.5) is 5.69 Å². The second kappa shape index (κ2) is 13.2. The minimum absolute atomic E-state index is 0.168. The van der Waals surface area contributed by atoms with Gasteiger partial charge in [0.2, 0.25) is 21.8 Å². The molecule has 2 amide bonds. The Bertz CT molecular complexity index is 1330. The van der Waals surface area contributed by atoms with E-state index >= 15 is 0 Å². The van der Waals surface area contributed by atoms with Crippen LogP contribution >= 0.6 is 0 Å². The van der Waals surface area contributed by atoms with Gasteiger partial charge in [0.1, 0.15) is 12.6 Å². The zero-order valence-corrected chi connectivity index (χ0v) is 23.4. The maximum atomic E-state index is 14.0. The second-order valence-corrected chi connectivity index (χ2v) is 11.5. The van der Waals surface area contributed by atoms with Crippen molar-refractivity contribution in [2.24, 2.45) is 0 Å². The van der Waals surface area contributed by atoms with Crippen molar-refractivity contribution in [3.63, 3.8) is 0 Å². The number of nitrogens with zero attached hydrogens (tertiary/aromatic N) is 2. The van der Waals surface area contributed by atoms with E-state index in [4.69, 9.17) is 0 Å². The normalized spacial score (nSPS) is 12.0. The predicted octanol–water partition coefficient (Wildman–Crippen LogP) is 4.24. The number of nitrogens with one attached hydrogen (secondary N) is 1. The molecule has 0 heterocycles. The Morgan fingerprint density at radius 3 is 2.11 bits per heavy atom. The van der Waals surface area contributed by atoms with Crippen molar-refractivity contribution < 1.29 is 18.0 Å². The minimum Gasteiger partial charge on any atom is -0.354 e. The molecule has 202 valence electrons. The smallest absolute Gasteiger partial charge is 0.244 e. The molecule has 0 bridgehead atoms. The Morgan fingerprint density at radius 1 is 0.868 bits per heavy atom. The molecular weight excluding hydrogens is 498 g/mol. The summed E-state index contributed by atoms with van der Waals surface area (Å²) in [6.07, 6.45) is 2.15. The number of amides is 2. The van der Waals surface area contributed by atoms with Gasteiger partial charge in [-0.2, -0.15) is 0 Å². The molecule has 3 rings (SSSR count). The van der Waals surface area contributed by atoms with Crippen LogP contribution in [0.15, 0.2) is 78.9 Å². The summed E-state index contributed by atoms with van der Waals surface area (Å²) in [6.45, 7) is 5.99. The lowest BCUT2D eigenvalue weighted by Crippen LogP contribution is -2.53. The summed E-state index contributed by atoms with van der Waals surface area (Å²) in [5, 5.41) is 2.94. The van der Waals surface area contributed by atoms with Crippen LogP contribution in [0.2, 0.25) is 0 Å². The van der Waals surface area contributed by atoms with Crippen molar-refractivity contribution in [3.05, 3.63) is 101 Å². The van der Waals surface area contributed by atoms with Crippen LogP contribution < -0.4 is 9.62 Å². The van der Waals surface area contributed by atoms with Gasteiger partial charge < -0.3 is 10.2 Å². The fourth-order valence-electron chi connectivity index (χ4n) is 4.25. The van der Waals surface area contributed by atoms with E-state index in [9.17, 15) is 18.0 Å². The first-order valence-corrected chi connectivity index (χ1v) is 14.6. The van der Waals surface area contributed by atoms with Crippen molar-refractivity contribution in [2.75, 3.05) is 23.7 Å². The molecule has 38 heavy (non-hydrogen) atoms. The van der Waals surface area contributed by atoms with Crippen molar-refractivity contribution in [2.45, 2.75) is 46.2 Å². The quantitative estimate of drug-likeness (QED) is 0.376. The van der Waals surface area contributed by atoms with E-state index in [1.54, 1.807) is 25.1 Å². The molecule has 1 atom stereocenters. The van der Waals surface area contributed by atoms with Gasteiger partial charge in [0.25, 0.3) is 0 Å². The van der Waals surface area contributed by atoms with Crippen LogP contribution in [0.3, 0.4) is 0 Å². The number of anilines is 1. The van der Waals surface area contributed by atoms with Gasteiger partial charge in [-0.1, -0.05) is 85.3 Å². The van der Waals surface area contributed by atoms with Crippen LogP contribution in [-0.2, 0) is 32.6 Å². The summed E-state index contributed by atoms with van der Waals surface area (Å²) in [5.41, 5.74) is 4.01. The average molecular weight is 536 g/mol. The molecule has 0 saturated carbocycles. The van der Waals surface area contributed by atoms with E-state index in [2.05, 4.69) is 5.32 Å². The summed E-state index contributed by atoms with van der Waals surface area (Å²) in [6, 6.07) is 23.5. The fourth-order valence-corrected chi connectivity index (χ4v) is 5.16. The number of rotatable bonds is 12. The van der Waals surface area contributed by atoms with Gasteiger partial charge in [0, 0.05) is 19.5 Å². The van der Waals surface area contributed by atoms with Gasteiger partial charge in [-0.05, 0) is 43.0 Å². The Hall–Kier alpha value is -3.65. The highest BCUT2D eigenvalue weighted by molar-refractivity contribution is 7.92. The Balaban J connectivity index is 2.04. The van der Waals surface area contributed by atoms with Crippen LogP contribution in [0.5, 0.6) is 0 Å². The molecule has 0 aromatic heterocycles. The third kappa shape index (κ3) is 7.92. The average Bonchev–Trinajstić information content (AvgIpc) is 2.89. The molecule has 3 aromatic carbocycles. The molecule has 0 fully saturated rings. The molecule has 0 aliphatic carbocycles. The van der Waals surface area contributed by atoms with Crippen molar-refractivity contribution in [1.82, 2.24) is 10.2 Å². The van der Waals surface area contributed by atoms with E-state index in [0.29, 0.717) is 18.7 Å². The number of hydrogen-bond donors (Lipinski definition) is 1. The van der Waals surface area contributed by atoms with E-state index in [1.807, 2.05) is 74.5 Å². The van der Waals surface area contributed by atoms with Gasteiger partial charge in [-0.25, -0.2) is 8.42 Å². The summed E-state index contributed by atoms with van der Waals surface area (Å²) < 4.78 is 26.8. The van der Waals surface area contributed by atoms with Crippen LogP contribution in [0.1, 0.15) is 35.6 Å². The third-order valence-electron chi connectivity index (χ3n) is 6.36. The van der Waals surface area contributed by atoms with Crippen LogP contribution in [0, 0.1) is 13.8 Å². The molecule has 0 radical (unpaired) electrons. The second-order valence-electron chi connectivity index (χ2n) is 9.56. The molecule has 3 aromatic rings. The monoisotopic (exact) mass is 535 g/mol. The molecule has 0 saturated heterocycles. The molecule has 0 aliphatic rings. The maximum absolute atomic E-state index is 14.0. The molecular formula is C30H37N3O4S. The maximum Gasteiger partial charge on any atom is 0.244 e. The highest BCUT2D eigenvalue weighted by Gasteiger charge is 2.33. The lowest BCUT2D eigenvalue weighted by Gasteiger charge is -2.33. The first-order valence-electron chi connectivity index (χ1n) is 12.8. The predicted molar refractivity (Wildman–Crippen MR) is 152 cm³/mol. The first kappa shape index (κ1) is 28.9. The zero-order chi connectivity index (χ0) is 27.7.